The number of rotatable bonds is 4. The van der Waals surface area contributed by atoms with Crippen molar-refractivity contribution in [3.8, 4) is 0 Å². The first-order valence-electron chi connectivity index (χ1n) is 6.31. The van der Waals surface area contributed by atoms with Gasteiger partial charge in [0.25, 0.3) is 0 Å². The summed E-state index contributed by atoms with van der Waals surface area (Å²) in [6, 6.07) is 7.04. The molecule has 1 aliphatic rings. The van der Waals surface area contributed by atoms with Crippen molar-refractivity contribution >= 4 is 10.0 Å². The van der Waals surface area contributed by atoms with Gasteiger partial charge in [0.2, 0.25) is 10.0 Å². The van der Waals surface area contributed by atoms with E-state index >= 15 is 0 Å². The SMILES string of the molecule is CCCc1ccc(S(=O)(=O)N2CC[C@H](O)C2)cc1. The monoisotopic (exact) mass is 269 g/mol. The van der Waals surface area contributed by atoms with E-state index in [1.165, 1.54) is 4.31 Å². The molecule has 4 nitrogen and oxygen atoms in total. The zero-order chi connectivity index (χ0) is 13.2. The van der Waals surface area contributed by atoms with Gasteiger partial charge in [0.1, 0.15) is 0 Å². The Balaban J connectivity index is 2.19. The number of sulfonamides is 1. The fraction of sp³-hybridized carbons (Fsp3) is 0.538. The van der Waals surface area contributed by atoms with Crippen LogP contribution in [0.1, 0.15) is 25.3 Å². The summed E-state index contributed by atoms with van der Waals surface area (Å²) in [7, 11) is -3.43. The van der Waals surface area contributed by atoms with E-state index in [0.29, 0.717) is 17.9 Å². The van der Waals surface area contributed by atoms with Crippen molar-refractivity contribution in [2.75, 3.05) is 13.1 Å². The van der Waals surface area contributed by atoms with Crippen LogP contribution in [0.3, 0.4) is 0 Å². The second kappa shape index (κ2) is 5.38. The van der Waals surface area contributed by atoms with E-state index in [-0.39, 0.29) is 6.54 Å². The molecule has 0 unspecified atom stereocenters. The molecule has 1 aliphatic heterocycles. The first-order valence-corrected chi connectivity index (χ1v) is 7.75. The van der Waals surface area contributed by atoms with E-state index < -0.39 is 16.1 Å². The Morgan fingerprint density at radius 1 is 1.33 bits per heavy atom. The molecule has 0 amide bonds. The van der Waals surface area contributed by atoms with Crippen LogP contribution in [0.2, 0.25) is 0 Å². The Kier molecular flexibility index (Phi) is 4.04. The van der Waals surface area contributed by atoms with Crippen LogP contribution in [0.5, 0.6) is 0 Å². The van der Waals surface area contributed by atoms with Crippen molar-refractivity contribution < 1.29 is 13.5 Å². The van der Waals surface area contributed by atoms with Crippen molar-refractivity contribution in [1.29, 1.82) is 0 Å². The Labute approximate surface area is 108 Å². The summed E-state index contributed by atoms with van der Waals surface area (Å²) in [5, 5.41) is 9.42. The smallest absolute Gasteiger partial charge is 0.243 e. The standard InChI is InChI=1S/C13H19NO3S/c1-2-3-11-4-6-13(7-5-11)18(16,17)14-9-8-12(15)10-14/h4-7,12,15H,2-3,8-10H2,1H3/t12-/m0/s1. The van der Waals surface area contributed by atoms with Gasteiger partial charge in [-0.1, -0.05) is 25.5 Å². The normalized spacial score (nSPS) is 21.3. The second-order valence-electron chi connectivity index (χ2n) is 4.70. The fourth-order valence-electron chi connectivity index (χ4n) is 2.19. The summed E-state index contributed by atoms with van der Waals surface area (Å²) in [5.74, 6) is 0. The molecule has 0 aliphatic carbocycles. The van der Waals surface area contributed by atoms with Gasteiger partial charge in [-0.05, 0) is 30.5 Å². The van der Waals surface area contributed by atoms with Gasteiger partial charge >= 0.3 is 0 Å². The Hall–Kier alpha value is -0.910. The predicted molar refractivity (Wildman–Crippen MR) is 69.8 cm³/mol. The zero-order valence-electron chi connectivity index (χ0n) is 10.5. The highest BCUT2D eigenvalue weighted by Crippen LogP contribution is 2.21. The molecule has 2 rings (SSSR count). The molecule has 18 heavy (non-hydrogen) atoms. The summed E-state index contributed by atoms with van der Waals surface area (Å²) in [6.45, 7) is 2.70. The molecule has 1 heterocycles. The molecular formula is C13H19NO3S. The molecule has 1 fully saturated rings. The molecule has 1 saturated heterocycles. The fourth-order valence-corrected chi connectivity index (χ4v) is 3.69. The van der Waals surface area contributed by atoms with Crippen LogP contribution < -0.4 is 0 Å². The third-order valence-electron chi connectivity index (χ3n) is 3.23. The third kappa shape index (κ3) is 2.74. The molecular weight excluding hydrogens is 250 g/mol. The van der Waals surface area contributed by atoms with Gasteiger partial charge < -0.3 is 5.11 Å². The summed E-state index contributed by atoms with van der Waals surface area (Å²) in [5.41, 5.74) is 1.15. The Bertz CT molecular complexity index is 495. The molecule has 1 atom stereocenters. The lowest BCUT2D eigenvalue weighted by molar-refractivity contribution is 0.189. The highest BCUT2D eigenvalue weighted by atomic mass is 32.2. The number of aliphatic hydroxyl groups excluding tert-OH is 1. The molecule has 0 aromatic heterocycles. The number of nitrogens with zero attached hydrogens (tertiary/aromatic N) is 1. The maximum Gasteiger partial charge on any atom is 0.243 e. The van der Waals surface area contributed by atoms with Crippen molar-refractivity contribution in [3.63, 3.8) is 0 Å². The quantitative estimate of drug-likeness (QED) is 0.898. The average molecular weight is 269 g/mol. The summed E-state index contributed by atoms with van der Waals surface area (Å²) >= 11 is 0. The molecule has 0 spiro atoms. The summed E-state index contributed by atoms with van der Waals surface area (Å²) in [6.07, 6.45) is 2.00. The first-order chi connectivity index (χ1) is 8.54. The maximum absolute atomic E-state index is 12.3. The van der Waals surface area contributed by atoms with Gasteiger partial charge in [0.05, 0.1) is 11.0 Å². The van der Waals surface area contributed by atoms with Crippen LogP contribution in [0.15, 0.2) is 29.2 Å². The van der Waals surface area contributed by atoms with Gasteiger partial charge in [0, 0.05) is 13.1 Å². The summed E-state index contributed by atoms with van der Waals surface area (Å²) < 4.78 is 25.9. The number of hydrogen-bond acceptors (Lipinski definition) is 3. The molecule has 1 aromatic rings. The van der Waals surface area contributed by atoms with Crippen molar-refractivity contribution in [3.05, 3.63) is 29.8 Å². The van der Waals surface area contributed by atoms with Gasteiger partial charge in [0.15, 0.2) is 0 Å². The number of benzene rings is 1. The van der Waals surface area contributed by atoms with Crippen molar-refractivity contribution in [2.24, 2.45) is 0 Å². The number of aliphatic hydroxyl groups is 1. The van der Waals surface area contributed by atoms with Crippen LogP contribution in [-0.2, 0) is 16.4 Å². The molecule has 5 heteroatoms. The largest absolute Gasteiger partial charge is 0.392 e. The lowest BCUT2D eigenvalue weighted by Gasteiger charge is -2.15. The Morgan fingerprint density at radius 3 is 2.50 bits per heavy atom. The van der Waals surface area contributed by atoms with Gasteiger partial charge in [-0.25, -0.2) is 8.42 Å². The third-order valence-corrected chi connectivity index (χ3v) is 5.11. The van der Waals surface area contributed by atoms with E-state index in [1.54, 1.807) is 12.1 Å². The molecule has 0 saturated carbocycles. The summed E-state index contributed by atoms with van der Waals surface area (Å²) in [4.78, 5) is 0.316. The lowest BCUT2D eigenvalue weighted by atomic mass is 10.1. The molecule has 0 bridgehead atoms. The number of aryl methyl sites for hydroxylation is 1. The molecule has 1 N–H and O–H groups in total. The minimum absolute atomic E-state index is 0.207. The highest BCUT2D eigenvalue weighted by molar-refractivity contribution is 7.89. The number of hydrogen-bond donors (Lipinski definition) is 1. The van der Waals surface area contributed by atoms with Crippen molar-refractivity contribution in [1.82, 2.24) is 4.31 Å². The van der Waals surface area contributed by atoms with E-state index in [2.05, 4.69) is 6.92 Å². The topological polar surface area (TPSA) is 57.6 Å². The molecule has 1 aromatic carbocycles. The maximum atomic E-state index is 12.3. The lowest BCUT2D eigenvalue weighted by Crippen LogP contribution is -2.29. The molecule has 0 radical (unpaired) electrons. The Morgan fingerprint density at radius 2 is 2.00 bits per heavy atom. The van der Waals surface area contributed by atoms with Gasteiger partial charge in [-0.15, -0.1) is 0 Å². The highest BCUT2D eigenvalue weighted by Gasteiger charge is 2.31. The van der Waals surface area contributed by atoms with Crippen LogP contribution in [-0.4, -0.2) is 37.0 Å². The first kappa shape index (κ1) is 13.5. The van der Waals surface area contributed by atoms with Crippen LogP contribution in [0.25, 0.3) is 0 Å². The predicted octanol–water partition coefficient (Wildman–Crippen LogP) is 1.39. The second-order valence-corrected chi connectivity index (χ2v) is 6.64. The van der Waals surface area contributed by atoms with E-state index in [0.717, 1.165) is 18.4 Å². The minimum Gasteiger partial charge on any atom is -0.392 e. The van der Waals surface area contributed by atoms with Crippen LogP contribution in [0, 0.1) is 0 Å². The number of β-amino-alcohol motifs (C(OH)–C–C–N with tert-alkyl or cyclic N) is 1. The van der Waals surface area contributed by atoms with Crippen LogP contribution >= 0.6 is 0 Å². The van der Waals surface area contributed by atoms with Gasteiger partial charge in [-0.3, -0.25) is 0 Å². The molecule has 100 valence electrons. The minimum atomic E-state index is -3.43. The van der Waals surface area contributed by atoms with E-state index in [1.807, 2.05) is 12.1 Å². The van der Waals surface area contributed by atoms with Gasteiger partial charge in [-0.2, -0.15) is 4.31 Å². The van der Waals surface area contributed by atoms with Crippen LogP contribution in [0.4, 0.5) is 0 Å². The van der Waals surface area contributed by atoms with Crippen molar-refractivity contribution in [2.45, 2.75) is 37.2 Å². The average Bonchev–Trinajstić information content (AvgIpc) is 2.78. The van der Waals surface area contributed by atoms with E-state index in [4.69, 9.17) is 0 Å². The zero-order valence-corrected chi connectivity index (χ0v) is 11.4. The van der Waals surface area contributed by atoms with E-state index in [9.17, 15) is 13.5 Å².